The molecule has 1 amide bonds. The minimum atomic E-state index is -0.189. The number of amides is 1. The summed E-state index contributed by atoms with van der Waals surface area (Å²) in [5, 5.41) is 7.13. The summed E-state index contributed by atoms with van der Waals surface area (Å²) in [5.41, 5.74) is 1.90. The number of para-hydroxylation sites is 1. The van der Waals surface area contributed by atoms with Gasteiger partial charge in [-0.15, -0.1) is 0 Å². The van der Waals surface area contributed by atoms with Crippen LogP contribution < -0.4 is 14.8 Å². The van der Waals surface area contributed by atoms with E-state index in [4.69, 9.17) is 9.47 Å². The third-order valence-electron chi connectivity index (χ3n) is 3.65. The minimum absolute atomic E-state index is 0.0409. The average molecular weight is 351 g/mol. The minimum Gasteiger partial charge on any atom is -0.494 e. The van der Waals surface area contributed by atoms with E-state index >= 15 is 0 Å². The van der Waals surface area contributed by atoms with Gasteiger partial charge in [-0.3, -0.25) is 4.79 Å². The monoisotopic (exact) mass is 351 g/mol. The zero-order chi connectivity index (χ0) is 18.2. The first-order valence-corrected chi connectivity index (χ1v) is 8.46. The predicted octanol–water partition coefficient (Wildman–Crippen LogP) is 2.97. The van der Waals surface area contributed by atoms with Gasteiger partial charge in [0.1, 0.15) is 11.5 Å². The van der Waals surface area contributed by atoms with Crippen LogP contribution in [-0.2, 0) is 11.3 Å². The van der Waals surface area contributed by atoms with Crippen LogP contribution in [0.4, 0.5) is 0 Å². The van der Waals surface area contributed by atoms with Crippen LogP contribution in [0.3, 0.4) is 0 Å². The number of rotatable bonds is 8. The largest absolute Gasteiger partial charge is 0.494 e. The van der Waals surface area contributed by atoms with Gasteiger partial charge in [0.05, 0.1) is 18.5 Å². The molecule has 0 spiro atoms. The quantitative estimate of drug-likeness (QED) is 0.678. The molecule has 0 aliphatic heterocycles. The molecule has 0 bridgehead atoms. The van der Waals surface area contributed by atoms with Crippen LogP contribution in [0.1, 0.15) is 12.5 Å². The van der Waals surface area contributed by atoms with Gasteiger partial charge in [0.15, 0.2) is 6.61 Å². The number of carbonyl (C=O) groups is 1. The lowest BCUT2D eigenvalue weighted by Gasteiger charge is -2.08. The molecule has 1 aromatic heterocycles. The molecule has 0 unspecified atom stereocenters. The van der Waals surface area contributed by atoms with Gasteiger partial charge < -0.3 is 14.8 Å². The lowest BCUT2D eigenvalue weighted by molar-refractivity contribution is -0.123. The van der Waals surface area contributed by atoms with E-state index in [1.165, 1.54) is 0 Å². The SMILES string of the molecule is CCOc1ccc(OCC(=O)NCc2cnn(-c3ccccc3)c2)cc1. The number of hydrogen-bond donors (Lipinski definition) is 1. The van der Waals surface area contributed by atoms with Crippen molar-refractivity contribution in [1.82, 2.24) is 15.1 Å². The van der Waals surface area contributed by atoms with E-state index in [0.717, 1.165) is 17.0 Å². The number of hydrogen-bond acceptors (Lipinski definition) is 4. The highest BCUT2D eigenvalue weighted by atomic mass is 16.5. The van der Waals surface area contributed by atoms with E-state index in [2.05, 4.69) is 10.4 Å². The first kappa shape index (κ1) is 17.5. The summed E-state index contributed by atoms with van der Waals surface area (Å²) in [6.07, 6.45) is 3.63. The Labute approximate surface area is 152 Å². The summed E-state index contributed by atoms with van der Waals surface area (Å²) in [7, 11) is 0. The van der Waals surface area contributed by atoms with Gasteiger partial charge in [0, 0.05) is 18.3 Å². The number of benzene rings is 2. The highest BCUT2D eigenvalue weighted by Crippen LogP contribution is 2.17. The number of aromatic nitrogens is 2. The fraction of sp³-hybridized carbons (Fsp3) is 0.200. The zero-order valence-corrected chi connectivity index (χ0v) is 14.6. The van der Waals surface area contributed by atoms with Gasteiger partial charge in [-0.2, -0.15) is 5.10 Å². The summed E-state index contributed by atoms with van der Waals surface area (Å²) in [5.74, 6) is 1.21. The molecule has 2 aromatic carbocycles. The van der Waals surface area contributed by atoms with Gasteiger partial charge in [-0.05, 0) is 43.3 Å². The van der Waals surface area contributed by atoms with Crippen LogP contribution in [0.15, 0.2) is 67.0 Å². The summed E-state index contributed by atoms with van der Waals surface area (Å²) < 4.78 is 12.6. The second-order valence-corrected chi connectivity index (χ2v) is 5.60. The Morgan fingerprint density at radius 1 is 1.04 bits per heavy atom. The molecule has 0 saturated carbocycles. The standard InChI is InChI=1S/C20H21N3O3/c1-2-25-18-8-10-19(11-9-18)26-15-20(24)21-12-16-13-22-23(14-16)17-6-4-3-5-7-17/h3-11,13-14H,2,12,15H2,1H3,(H,21,24). The third-order valence-corrected chi connectivity index (χ3v) is 3.65. The summed E-state index contributed by atoms with van der Waals surface area (Å²) in [4.78, 5) is 11.9. The fourth-order valence-electron chi connectivity index (χ4n) is 2.37. The molecule has 3 aromatic rings. The van der Waals surface area contributed by atoms with E-state index < -0.39 is 0 Å². The topological polar surface area (TPSA) is 65.4 Å². The normalized spacial score (nSPS) is 10.3. The Bertz CT molecular complexity index is 829. The van der Waals surface area contributed by atoms with Gasteiger partial charge in [-0.1, -0.05) is 18.2 Å². The van der Waals surface area contributed by atoms with E-state index in [1.807, 2.05) is 55.6 Å². The average Bonchev–Trinajstić information content (AvgIpc) is 3.16. The molecule has 1 N–H and O–H groups in total. The summed E-state index contributed by atoms with van der Waals surface area (Å²) >= 11 is 0. The van der Waals surface area contributed by atoms with E-state index in [9.17, 15) is 4.79 Å². The van der Waals surface area contributed by atoms with Crippen LogP contribution in [-0.4, -0.2) is 28.9 Å². The number of nitrogens with zero attached hydrogens (tertiary/aromatic N) is 2. The number of nitrogens with one attached hydrogen (secondary N) is 1. The molecule has 0 aliphatic rings. The lowest BCUT2D eigenvalue weighted by Crippen LogP contribution is -2.28. The maximum absolute atomic E-state index is 11.9. The van der Waals surface area contributed by atoms with Crippen molar-refractivity contribution in [1.29, 1.82) is 0 Å². The zero-order valence-electron chi connectivity index (χ0n) is 14.6. The third kappa shape index (κ3) is 4.86. The Morgan fingerprint density at radius 2 is 1.73 bits per heavy atom. The van der Waals surface area contributed by atoms with Crippen LogP contribution >= 0.6 is 0 Å². The molecule has 6 nitrogen and oxygen atoms in total. The molecular formula is C20H21N3O3. The van der Waals surface area contributed by atoms with Crippen molar-refractivity contribution in [2.24, 2.45) is 0 Å². The molecule has 26 heavy (non-hydrogen) atoms. The lowest BCUT2D eigenvalue weighted by atomic mass is 10.3. The highest BCUT2D eigenvalue weighted by molar-refractivity contribution is 5.77. The van der Waals surface area contributed by atoms with Crippen molar-refractivity contribution in [3.05, 3.63) is 72.6 Å². The van der Waals surface area contributed by atoms with Gasteiger partial charge in [0.25, 0.3) is 5.91 Å². The Balaban J connectivity index is 1.45. The van der Waals surface area contributed by atoms with Crippen LogP contribution in [0.25, 0.3) is 5.69 Å². The number of carbonyl (C=O) groups excluding carboxylic acids is 1. The molecule has 1 heterocycles. The Kier molecular flexibility index (Phi) is 5.88. The maximum atomic E-state index is 11.9. The van der Waals surface area contributed by atoms with Gasteiger partial charge in [-0.25, -0.2) is 4.68 Å². The van der Waals surface area contributed by atoms with Crippen molar-refractivity contribution in [3.63, 3.8) is 0 Å². The molecule has 0 saturated heterocycles. The highest BCUT2D eigenvalue weighted by Gasteiger charge is 2.05. The summed E-state index contributed by atoms with van der Waals surface area (Å²) in [6, 6.07) is 17.0. The fourth-order valence-corrected chi connectivity index (χ4v) is 2.37. The molecule has 0 fully saturated rings. The maximum Gasteiger partial charge on any atom is 0.258 e. The van der Waals surface area contributed by atoms with E-state index in [-0.39, 0.29) is 12.5 Å². The predicted molar refractivity (Wildman–Crippen MR) is 98.5 cm³/mol. The molecule has 6 heteroatoms. The van der Waals surface area contributed by atoms with E-state index in [1.54, 1.807) is 23.0 Å². The molecule has 0 aliphatic carbocycles. The van der Waals surface area contributed by atoms with Crippen LogP contribution in [0.5, 0.6) is 11.5 Å². The molecule has 0 atom stereocenters. The van der Waals surface area contributed by atoms with E-state index in [0.29, 0.717) is 18.9 Å². The molecular weight excluding hydrogens is 330 g/mol. The van der Waals surface area contributed by atoms with Crippen molar-refractivity contribution in [2.45, 2.75) is 13.5 Å². The smallest absolute Gasteiger partial charge is 0.258 e. The second kappa shape index (κ2) is 8.71. The van der Waals surface area contributed by atoms with Crippen LogP contribution in [0, 0.1) is 0 Å². The Morgan fingerprint density at radius 3 is 2.42 bits per heavy atom. The van der Waals surface area contributed by atoms with Crippen molar-refractivity contribution in [3.8, 4) is 17.2 Å². The van der Waals surface area contributed by atoms with Gasteiger partial charge in [0.2, 0.25) is 0 Å². The number of ether oxygens (including phenoxy) is 2. The first-order chi connectivity index (χ1) is 12.7. The first-order valence-electron chi connectivity index (χ1n) is 8.46. The second-order valence-electron chi connectivity index (χ2n) is 5.60. The van der Waals surface area contributed by atoms with Crippen LogP contribution in [0.2, 0.25) is 0 Å². The molecule has 134 valence electrons. The van der Waals surface area contributed by atoms with Crippen molar-refractivity contribution >= 4 is 5.91 Å². The van der Waals surface area contributed by atoms with Crippen molar-refractivity contribution < 1.29 is 14.3 Å². The molecule has 3 rings (SSSR count). The van der Waals surface area contributed by atoms with Crippen molar-refractivity contribution in [2.75, 3.05) is 13.2 Å². The molecule has 0 radical (unpaired) electrons. The summed E-state index contributed by atoms with van der Waals surface area (Å²) in [6.45, 7) is 2.90. The Hall–Kier alpha value is -3.28. The van der Waals surface area contributed by atoms with Gasteiger partial charge >= 0.3 is 0 Å².